The lowest BCUT2D eigenvalue weighted by molar-refractivity contribution is -0.120. The second-order valence-corrected chi connectivity index (χ2v) is 13.1. The Bertz CT molecular complexity index is 1530. The van der Waals surface area contributed by atoms with Crippen molar-refractivity contribution in [1.82, 2.24) is 5.32 Å². The number of aryl methyl sites for hydroxylation is 2. The summed E-state index contributed by atoms with van der Waals surface area (Å²) >= 11 is 0. The van der Waals surface area contributed by atoms with E-state index >= 15 is 0 Å². The van der Waals surface area contributed by atoms with Crippen LogP contribution in [0.2, 0.25) is 0 Å². The average Bonchev–Trinajstić information content (AvgIpc) is 2.88. The van der Waals surface area contributed by atoms with Crippen molar-refractivity contribution >= 4 is 31.5 Å². The molecule has 1 N–H and O–H groups in total. The Balaban J connectivity index is 1.98. The van der Waals surface area contributed by atoms with Gasteiger partial charge in [0.1, 0.15) is 6.54 Å². The molecular formula is C28H34N2O7S2. The number of nitrogens with zero attached hydrogens (tertiary/aromatic N) is 1. The van der Waals surface area contributed by atoms with Gasteiger partial charge in [0.2, 0.25) is 5.91 Å². The fourth-order valence-corrected chi connectivity index (χ4v) is 6.30. The van der Waals surface area contributed by atoms with Crippen LogP contribution in [0.15, 0.2) is 70.5 Å². The lowest BCUT2D eigenvalue weighted by atomic mass is 10.0. The van der Waals surface area contributed by atoms with Crippen molar-refractivity contribution in [2.75, 3.05) is 31.3 Å². The minimum absolute atomic E-state index is 0.0597. The molecule has 0 saturated carbocycles. The number of rotatable bonds is 11. The molecule has 1 unspecified atom stereocenters. The van der Waals surface area contributed by atoms with Crippen LogP contribution >= 0.6 is 0 Å². The maximum Gasteiger partial charge on any atom is 0.264 e. The van der Waals surface area contributed by atoms with Gasteiger partial charge in [-0.05, 0) is 73.4 Å². The quantitative estimate of drug-likeness (QED) is 0.365. The molecule has 0 aliphatic carbocycles. The number of hydrogen-bond donors (Lipinski definition) is 1. The molecule has 0 saturated heterocycles. The molecule has 0 aliphatic rings. The normalized spacial score (nSPS) is 12.5. The summed E-state index contributed by atoms with van der Waals surface area (Å²) in [6, 6.07) is 15.4. The van der Waals surface area contributed by atoms with Crippen molar-refractivity contribution in [3.8, 4) is 11.5 Å². The van der Waals surface area contributed by atoms with E-state index in [0.717, 1.165) is 21.7 Å². The number of benzene rings is 3. The standard InChI is InChI=1S/C28H34N2O7S2/c1-7-25(21-8-10-23(11-9-21)38(6,32)33)29-28(31)18-30(22-15-19(2)14-20(3)16-22)39(34,35)24-12-13-26(36-4)27(17-24)37-5/h8-17,25H,7,18H2,1-6H3,(H,29,31). The highest BCUT2D eigenvalue weighted by molar-refractivity contribution is 7.93. The Kier molecular flexibility index (Phi) is 9.29. The number of sulfone groups is 1. The van der Waals surface area contributed by atoms with E-state index in [2.05, 4.69) is 5.32 Å². The summed E-state index contributed by atoms with van der Waals surface area (Å²) in [7, 11) is -4.69. The molecule has 0 heterocycles. The molecule has 0 aliphatic heterocycles. The molecule has 0 fully saturated rings. The summed E-state index contributed by atoms with van der Waals surface area (Å²) in [5.74, 6) is 0.101. The second kappa shape index (κ2) is 12.1. The summed E-state index contributed by atoms with van der Waals surface area (Å²) in [6.07, 6.45) is 1.64. The van der Waals surface area contributed by atoms with Crippen LogP contribution in [0.1, 0.15) is 36.1 Å². The third-order valence-corrected chi connectivity index (χ3v) is 9.08. The van der Waals surface area contributed by atoms with Crippen LogP contribution < -0.4 is 19.1 Å². The smallest absolute Gasteiger partial charge is 0.264 e. The molecule has 11 heteroatoms. The predicted molar refractivity (Wildman–Crippen MR) is 151 cm³/mol. The summed E-state index contributed by atoms with van der Waals surface area (Å²) in [5.41, 5.74) is 2.74. The number of amides is 1. The minimum Gasteiger partial charge on any atom is -0.493 e. The van der Waals surface area contributed by atoms with E-state index in [0.29, 0.717) is 23.4 Å². The van der Waals surface area contributed by atoms with Crippen LogP contribution in [0.3, 0.4) is 0 Å². The summed E-state index contributed by atoms with van der Waals surface area (Å²) < 4.78 is 63.0. The van der Waals surface area contributed by atoms with Crippen molar-refractivity contribution in [1.29, 1.82) is 0 Å². The zero-order chi connectivity index (χ0) is 29.0. The van der Waals surface area contributed by atoms with E-state index in [9.17, 15) is 21.6 Å². The van der Waals surface area contributed by atoms with E-state index in [4.69, 9.17) is 9.47 Å². The first-order valence-electron chi connectivity index (χ1n) is 12.2. The van der Waals surface area contributed by atoms with E-state index in [1.54, 1.807) is 24.3 Å². The molecule has 210 valence electrons. The van der Waals surface area contributed by atoms with Gasteiger partial charge in [-0.15, -0.1) is 0 Å². The lowest BCUT2D eigenvalue weighted by Crippen LogP contribution is -2.42. The van der Waals surface area contributed by atoms with Crippen molar-refractivity contribution in [3.63, 3.8) is 0 Å². The number of carbonyl (C=O) groups is 1. The van der Waals surface area contributed by atoms with Crippen molar-refractivity contribution in [2.45, 2.75) is 43.0 Å². The van der Waals surface area contributed by atoms with Gasteiger partial charge in [0.15, 0.2) is 21.3 Å². The van der Waals surface area contributed by atoms with Gasteiger partial charge < -0.3 is 14.8 Å². The van der Waals surface area contributed by atoms with E-state index in [1.807, 2.05) is 26.8 Å². The molecule has 1 amide bonds. The zero-order valence-corrected chi connectivity index (χ0v) is 24.5. The summed E-state index contributed by atoms with van der Waals surface area (Å²) in [6.45, 7) is 5.10. The molecule has 0 radical (unpaired) electrons. The molecule has 9 nitrogen and oxygen atoms in total. The molecule has 0 spiro atoms. The number of carbonyl (C=O) groups excluding carboxylic acids is 1. The number of ether oxygens (including phenoxy) is 2. The molecule has 1 atom stereocenters. The Labute approximate surface area is 230 Å². The number of hydrogen-bond acceptors (Lipinski definition) is 7. The van der Waals surface area contributed by atoms with E-state index in [1.165, 1.54) is 44.6 Å². The highest BCUT2D eigenvalue weighted by atomic mass is 32.2. The zero-order valence-electron chi connectivity index (χ0n) is 22.9. The van der Waals surface area contributed by atoms with Crippen LogP contribution in [0, 0.1) is 13.8 Å². The maximum absolute atomic E-state index is 13.9. The Hall–Kier alpha value is -3.57. The predicted octanol–water partition coefficient (Wildman–Crippen LogP) is 4.19. The Morgan fingerprint density at radius 1 is 0.846 bits per heavy atom. The van der Waals surface area contributed by atoms with Gasteiger partial charge in [-0.25, -0.2) is 16.8 Å². The van der Waals surface area contributed by atoms with Crippen LogP contribution in [0.4, 0.5) is 5.69 Å². The highest BCUT2D eigenvalue weighted by Crippen LogP contribution is 2.33. The van der Waals surface area contributed by atoms with Crippen molar-refractivity contribution < 1.29 is 31.1 Å². The van der Waals surface area contributed by atoms with Gasteiger partial charge in [0, 0.05) is 12.3 Å². The van der Waals surface area contributed by atoms with Gasteiger partial charge in [0.25, 0.3) is 10.0 Å². The number of sulfonamides is 1. The number of nitrogens with one attached hydrogen (secondary N) is 1. The summed E-state index contributed by atoms with van der Waals surface area (Å²) in [4.78, 5) is 13.4. The SMILES string of the molecule is CCC(NC(=O)CN(c1cc(C)cc(C)c1)S(=O)(=O)c1ccc(OC)c(OC)c1)c1ccc(S(C)(=O)=O)cc1. The first-order chi connectivity index (χ1) is 18.3. The van der Waals surface area contributed by atoms with Gasteiger partial charge in [0.05, 0.1) is 35.7 Å². The van der Waals surface area contributed by atoms with Gasteiger partial charge in [-0.2, -0.15) is 0 Å². The minimum atomic E-state index is -4.20. The number of methoxy groups -OCH3 is 2. The van der Waals surface area contributed by atoms with Gasteiger partial charge in [-0.3, -0.25) is 9.10 Å². The van der Waals surface area contributed by atoms with Gasteiger partial charge >= 0.3 is 0 Å². The molecule has 3 aromatic rings. The van der Waals surface area contributed by atoms with Gasteiger partial charge in [-0.1, -0.05) is 25.1 Å². The Morgan fingerprint density at radius 3 is 1.92 bits per heavy atom. The lowest BCUT2D eigenvalue weighted by Gasteiger charge is -2.26. The van der Waals surface area contributed by atoms with Crippen LogP contribution in [-0.4, -0.2) is 49.8 Å². The van der Waals surface area contributed by atoms with Crippen LogP contribution in [0.5, 0.6) is 11.5 Å². The van der Waals surface area contributed by atoms with Crippen LogP contribution in [0.25, 0.3) is 0 Å². The van der Waals surface area contributed by atoms with Crippen molar-refractivity contribution in [3.05, 3.63) is 77.4 Å². The molecule has 0 bridgehead atoms. The van der Waals surface area contributed by atoms with E-state index in [-0.39, 0.29) is 15.5 Å². The molecule has 3 aromatic carbocycles. The first-order valence-corrected chi connectivity index (χ1v) is 15.6. The fraction of sp³-hybridized carbons (Fsp3) is 0.321. The summed E-state index contributed by atoms with van der Waals surface area (Å²) in [5, 5.41) is 2.90. The third kappa shape index (κ3) is 7.10. The molecule has 3 rings (SSSR count). The molecule has 39 heavy (non-hydrogen) atoms. The van der Waals surface area contributed by atoms with Crippen LogP contribution in [-0.2, 0) is 24.7 Å². The Morgan fingerprint density at radius 2 is 1.41 bits per heavy atom. The maximum atomic E-state index is 13.9. The highest BCUT2D eigenvalue weighted by Gasteiger charge is 2.29. The average molecular weight is 575 g/mol. The first kappa shape index (κ1) is 30.0. The number of anilines is 1. The monoisotopic (exact) mass is 574 g/mol. The molecule has 0 aromatic heterocycles. The topological polar surface area (TPSA) is 119 Å². The fourth-order valence-electron chi connectivity index (χ4n) is 4.25. The molecular weight excluding hydrogens is 540 g/mol. The van der Waals surface area contributed by atoms with E-state index < -0.39 is 38.4 Å². The third-order valence-electron chi connectivity index (χ3n) is 6.18. The largest absolute Gasteiger partial charge is 0.493 e. The van der Waals surface area contributed by atoms with Crippen molar-refractivity contribution in [2.24, 2.45) is 0 Å². The second-order valence-electron chi connectivity index (χ2n) is 9.24.